The van der Waals surface area contributed by atoms with Gasteiger partial charge >= 0.3 is 11.9 Å². The maximum atomic E-state index is 12.7. The zero-order chi connectivity index (χ0) is 16.2. The van der Waals surface area contributed by atoms with Crippen LogP contribution in [0.25, 0.3) is 0 Å². The zero-order valence-corrected chi connectivity index (χ0v) is 13.0. The Hall–Kier alpha value is -1.91. The van der Waals surface area contributed by atoms with Gasteiger partial charge in [-0.1, -0.05) is 31.9 Å². The Labute approximate surface area is 130 Å². The van der Waals surface area contributed by atoms with Crippen LogP contribution in [0.4, 0.5) is 4.39 Å². The molecule has 0 spiro atoms. The van der Waals surface area contributed by atoms with Crippen LogP contribution >= 0.6 is 0 Å². The topological polar surface area (TPSA) is 52.6 Å². The molecule has 1 rings (SSSR count). The van der Waals surface area contributed by atoms with Crippen molar-refractivity contribution in [1.82, 2.24) is 0 Å². The third-order valence-corrected chi connectivity index (χ3v) is 3.09. The third kappa shape index (κ3) is 8.39. The van der Waals surface area contributed by atoms with E-state index >= 15 is 0 Å². The standard InChI is InChI=1S/C17H23FO4/c1-2-3-4-12-21-16(19)6-5-7-17(20)22-13-14-8-10-15(18)11-9-14/h8-11H,2-7,12-13H2,1H3. The van der Waals surface area contributed by atoms with Crippen molar-refractivity contribution in [1.29, 1.82) is 0 Å². The SMILES string of the molecule is CCCCCOC(=O)CCCC(=O)OCc1ccc(F)cc1. The van der Waals surface area contributed by atoms with Gasteiger partial charge in [0.2, 0.25) is 0 Å². The van der Waals surface area contributed by atoms with Crippen molar-refractivity contribution in [2.45, 2.75) is 52.1 Å². The van der Waals surface area contributed by atoms with Crippen molar-refractivity contribution in [2.24, 2.45) is 0 Å². The summed E-state index contributed by atoms with van der Waals surface area (Å²) in [4.78, 5) is 22.9. The Morgan fingerprint density at radius 1 is 0.955 bits per heavy atom. The summed E-state index contributed by atoms with van der Waals surface area (Å²) in [6.45, 7) is 2.64. The Morgan fingerprint density at radius 2 is 1.59 bits per heavy atom. The lowest BCUT2D eigenvalue weighted by molar-refractivity contribution is -0.146. The monoisotopic (exact) mass is 310 g/mol. The van der Waals surface area contributed by atoms with E-state index in [1.165, 1.54) is 12.1 Å². The molecule has 0 aromatic heterocycles. The number of carbonyl (C=O) groups is 2. The molecule has 1 aromatic rings. The molecule has 0 unspecified atom stereocenters. The van der Waals surface area contributed by atoms with E-state index in [9.17, 15) is 14.0 Å². The van der Waals surface area contributed by atoms with E-state index in [0.29, 0.717) is 13.0 Å². The zero-order valence-electron chi connectivity index (χ0n) is 13.0. The van der Waals surface area contributed by atoms with Gasteiger partial charge in [0.05, 0.1) is 6.61 Å². The number of rotatable bonds is 10. The highest BCUT2D eigenvalue weighted by atomic mass is 19.1. The van der Waals surface area contributed by atoms with E-state index in [1.807, 2.05) is 0 Å². The highest BCUT2D eigenvalue weighted by Gasteiger charge is 2.07. The quantitative estimate of drug-likeness (QED) is 0.487. The van der Waals surface area contributed by atoms with Crippen molar-refractivity contribution in [3.8, 4) is 0 Å². The van der Waals surface area contributed by atoms with Gasteiger partial charge in [-0.3, -0.25) is 9.59 Å². The molecular weight excluding hydrogens is 287 g/mol. The van der Waals surface area contributed by atoms with Crippen LogP contribution in [-0.4, -0.2) is 18.5 Å². The van der Waals surface area contributed by atoms with E-state index in [0.717, 1.165) is 24.8 Å². The molecule has 0 bridgehead atoms. The number of benzene rings is 1. The normalized spacial score (nSPS) is 10.3. The summed E-state index contributed by atoms with van der Waals surface area (Å²) < 4.78 is 22.8. The van der Waals surface area contributed by atoms with Crippen molar-refractivity contribution < 1.29 is 23.5 Å². The molecule has 22 heavy (non-hydrogen) atoms. The van der Waals surface area contributed by atoms with Gasteiger partial charge in [-0.15, -0.1) is 0 Å². The average Bonchev–Trinajstić information content (AvgIpc) is 2.51. The summed E-state index contributed by atoms with van der Waals surface area (Å²) in [6.07, 6.45) is 3.81. The van der Waals surface area contributed by atoms with E-state index in [-0.39, 0.29) is 37.2 Å². The number of halogens is 1. The van der Waals surface area contributed by atoms with Crippen LogP contribution in [-0.2, 0) is 25.7 Å². The third-order valence-electron chi connectivity index (χ3n) is 3.09. The lowest BCUT2D eigenvalue weighted by Gasteiger charge is -2.06. The summed E-state index contributed by atoms with van der Waals surface area (Å²) in [7, 11) is 0. The minimum atomic E-state index is -0.372. The van der Waals surface area contributed by atoms with Gasteiger partial charge in [0.1, 0.15) is 12.4 Å². The summed E-state index contributed by atoms with van der Waals surface area (Å²) in [5.74, 6) is -0.974. The fourth-order valence-electron chi connectivity index (χ4n) is 1.80. The number of hydrogen-bond donors (Lipinski definition) is 0. The largest absolute Gasteiger partial charge is 0.466 e. The Balaban J connectivity index is 2.08. The summed E-state index contributed by atoms with van der Waals surface area (Å²) in [6, 6.07) is 5.77. The number of esters is 2. The Bertz CT molecular complexity index is 456. The van der Waals surface area contributed by atoms with E-state index in [4.69, 9.17) is 9.47 Å². The number of carbonyl (C=O) groups excluding carboxylic acids is 2. The van der Waals surface area contributed by atoms with E-state index in [1.54, 1.807) is 12.1 Å². The molecule has 0 amide bonds. The smallest absolute Gasteiger partial charge is 0.306 e. The number of unbranched alkanes of at least 4 members (excludes halogenated alkanes) is 2. The van der Waals surface area contributed by atoms with Gasteiger partial charge in [-0.2, -0.15) is 0 Å². The van der Waals surface area contributed by atoms with E-state index in [2.05, 4.69) is 6.92 Å². The van der Waals surface area contributed by atoms with Crippen molar-refractivity contribution in [3.05, 3.63) is 35.6 Å². The van der Waals surface area contributed by atoms with Crippen molar-refractivity contribution in [2.75, 3.05) is 6.61 Å². The Kier molecular flexibility index (Phi) is 8.88. The molecule has 0 fully saturated rings. The van der Waals surface area contributed by atoms with Crippen molar-refractivity contribution >= 4 is 11.9 Å². The fraction of sp³-hybridized carbons (Fsp3) is 0.529. The molecule has 0 radical (unpaired) electrons. The lowest BCUT2D eigenvalue weighted by Crippen LogP contribution is -2.08. The van der Waals surface area contributed by atoms with E-state index < -0.39 is 0 Å². The number of hydrogen-bond acceptors (Lipinski definition) is 4. The maximum absolute atomic E-state index is 12.7. The first kappa shape index (κ1) is 18.1. The first-order chi connectivity index (χ1) is 10.6. The van der Waals surface area contributed by atoms with Gasteiger partial charge in [-0.25, -0.2) is 4.39 Å². The summed E-state index contributed by atoms with van der Waals surface area (Å²) >= 11 is 0. The molecule has 0 aliphatic carbocycles. The van der Waals surface area contributed by atoms with Crippen LogP contribution in [0.5, 0.6) is 0 Å². The molecular formula is C17H23FO4. The highest BCUT2D eigenvalue weighted by Crippen LogP contribution is 2.06. The second-order valence-electron chi connectivity index (χ2n) is 5.07. The number of ether oxygens (including phenoxy) is 2. The van der Waals surface area contributed by atoms with Crippen LogP contribution in [0.1, 0.15) is 51.0 Å². The second-order valence-corrected chi connectivity index (χ2v) is 5.07. The molecule has 4 nitrogen and oxygen atoms in total. The van der Waals surface area contributed by atoms with Gasteiger partial charge in [0.25, 0.3) is 0 Å². The van der Waals surface area contributed by atoms with Crippen LogP contribution in [0.3, 0.4) is 0 Å². The van der Waals surface area contributed by atoms with Crippen LogP contribution in [0, 0.1) is 5.82 Å². The fourth-order valence-corrected chi connectivity index (χ4v) is 1.80. The minimum Gasteiger partial charge on any atom is -0.466 e. The molecule has 0 aliphatic heterocycles. The lowest BCUT2D eigenvalue weighted by atomic mass is 10.2. The van der Waals surface area contributed by atoms with Crippen LogP contribution < -0.4 is 0 Å². The summed E-state index contributed by atoms with van der Waals surface area (Å²) in [5, 5.41) is 0. The molecule has 1 aromatic carbocycles. The first-order valence-electron chi connectivity index (χ1n) is 7.67. The molecule has 0 N–H and O–H groups in total. The maximum Gasteiger partial charge on any atom is 0.306 e. The molecule has 0 heterocycles. The highest BCUT2D eigenvalue weighted by molar-refractivity contribution is 5.72. The average molecular weight is 310 g/mol. The Morgan fingerprint density at radius 3 is 2.23 bits per heavy atom. The predicted octanol–water partition coefficient (Wildman–Crippen LogP) is 3.77. The molecule has 0 saturated carbocycles. The van der Waals surface area contributed by atoms with Gasteiger partial charge in [-0.05, 0) is 30.5 Å². The molecule has 0 saturated heterocycles. The van der Waals surface area contributed by atoms with Gasteiger partial charge in [0, 0.05) is 12.8 Å². The molecule has 122 valence electrons. The second kappa shape index (κ2) is 10.8. The molecule has 0 atom stereocenters. The van der Waals surface area contributed by atoms with Gasteiger partial charge < -0.3 is 9.47 Å². The van der Waals surface area contributed by atoms with Crippen LogP contribution in [0.15, 0.2) is 24.3 Å². The summed E-state index contributed by atoms with van der Waals surface area (Å²) in [5.41, 5.74) is 0.727. The minimum absolute atomic E-state index is 0.112. The van der Waals surface area contributed by atoms with Crippen molar-refractivity contribution in [3.63, 3.8) is 0 Å². The first-order valence-corrected chi connectivity index (χ1v) is 7.67. The molecule has 5 heteroatoms. The molecule has 0 aliphatic rings. The van der Waals surface area contributed by atoms with Crippen LogP contribution in [0.2, 0.25) is 0 Å². The predicted molar refractivity (Wildman–Crippen MR) is 80.5 cm³/mol. The van der Waals surface area contributed by atoms with Gasteiger partial charge in [0.15, 0.2) is 0 Å².